The Balaban J connectivity index is 1.54. The maximum atomic E-state index is 2.66. The summed E-state index contributed by atoms with van der Waals surface area (Å²) >= 11 is 0. The summed E-state index contributed by atoms with van der Waals surface area (Å²) in [7, 11) is 0. The Labute approximate surface area is 132 Å². The number of hydrogen-bond donors (Lipinski definition) is 0. The molecule has 4 fully saturated rings. The van der Waals surface area contributed by atoms with Crippen molar-refractivity contribution in [2.75, 3.05) is 0 Å². The van der Waals surface area contributed by atoms with Crippen LogP contribution in [0, 0.1) is 40.9 Å². The minimum Gasteiger partial charge on any atom is -0.0617 e. The van der Waals surface area contributed by atoms with E-state index in [0.29, 0.717) is 5.41 Å². The maximum absolute atomic E-state index is 2.66. The first kappa shape index (κ1) is 14.6. The third kappa shape index (κ3) is 2.40. The van der Waals surface area contributed by atoms with Crippen molar-refractivity contribution in [3.8, 4) is 0 Å². The predicted molar refractivity (Wildman–Crippen MR) is 90.1 cm³/mol. The molecule has 120 valence electrons. The van der Waals surface area contributed by atoms with Gasteiger partial charge < -0.3 is 0 Å². The highest BCUT2D eigenvalue weighted by Gasteiger charge is 2.51. The summed E-state index contributed by atoms with van der Waals surface area (Å²) in [6.45, 7) is 5.31. The monoisotopic (exact) mass is 288 g/mol. The van der Waals surface area contributed by atoms with Gasteiger partial charge in [0.05, 0.1) is 0 Å². The van der Waals surface area contributed by atoms with E-state index >= 15 is 0 Å². The Hall–Kier alpha value is 0. The minimum atomic E-state index is 0.682. The summed E-state index contributed by atoms with van der Waals surface area (Å²) < 4.78 is 0. The Morgan fingerprint density at radius 2 is 1.43 bits per heavy atom. The SMILES string of the molecule is CC(C1CCC2CCC3CCCC1C32)C1(C)CCCCC1. The van der Waals surface area contributed by atoms with Crippen molar-refractivity contribution < 1.29 is 0 Å². The molecular weight excluding hydrogens is 252 g/mol. The second kappa shape index (κ2) is 5.57. The molecule has 0 bridgehead atoms. The van der Waals surface area contributed by atoms with E-state index in [0.717, 1.165) is 35.5 Å². The van der Waals surface area contributed by atoms with Gasteiger partial charge in [-0.1, -0.05) is 46.0 Å². The Morgan fingerprint density at radius 1 is 0.762 bits per heavy atom. The van der Waals surface area contributed by atoms with E-state index in [1.165, 1.54) is 32.1 Å². The van der Waals surface area contributed by atoms with Crippen LogP contribution in [0.4, 0.5) is 0 Å². The molecule has 6 atom stereocenters. The van der Waals surface area contributed by atoms with Crippen molar-refractivity contribution in [3.63, 3.8) is 0 Å². The van der Waals surface area contributed by atoms with Gasteiger partial charge in [0.2, 0.25) is 0 Å². The van der Waals surface area contributed by atoms with Crippen molar-refractivity contribution in [3.05, 3.63) is 0 Å². The fourth-order valence-corrected chi connectivity index (χ4v) is 7.45. The second-order valence-electron chi connectivity index (χ2n) is 9.51. The molecule has 0 heteroatoms. The van der Waals surface area contributed by atoms with Gasteiger partial charge in [0, 0.05) is 0 Å². The zero-order chi connectivity index (χ0) is 14.4. The topological polar surface area (TPSA) is 0 Å². The molecule has 4 saturated carbocycles. The van der Waals surface area contributed by atoms with E-state index in [4.69, 9.17) is 0 Å². The number of hydrogen-bond acceptors (Lipinski definition) is 0. The molecule has 6 unspecified atom stereocenters. The lowest BCUT2D eigenvalue weighted by Gasteiger charge is -2.52. The zero-order valence-corrected chi connectivity index (χ0v) is 14.4. The molecule has 0 amide bonds. The standard InChI is InChI=1S/C21H36/c1-15(21(2)13-4-3-5-14-21)18-12-11-17-10-9-16-7-6-8-19(18)20(16)17/h15-20H,3-14H2,1-2H3. The quantitative estimate of drug-likeness (QED) is 0.548. The minimum absolute atomic E-state index is 0.682. The van der Waals surface area contributed by atoms with E-state index in [-0.39, 0.29) is 0 Å². The Bertz CT molecular complexity index is 358. The second-order valence-corrected chi connectivity index (χ2v) is 9.51. The highest BCUT2D eigenvalue weighted by molar-refractivity contribution is 5.00. The molecule has 4 aliphatic rings. The summed E-state index contributed by atoms with van der Waals surface area (Å²) in [5.74, 6) is 6.63. The summed E-state index contributed by atoms with van der Waals surface area (Å²) in [6.07, 6.45) is 18.6. The first-order valence-corrected chi connectivity index (χ1v) is 10.2. The molecule has 4 aliphatic carbocycles. The van der Waals surface area contributed by atoms with Crippen LogP contribution in [0.25, 0.3) is 0 Å². The van der Waals surface area contributed by atoms with Crippen LogP contribution in [-0.4, -0.2) is 0 Å². The first-order chi connectivity index (χ1) is 10.2. The average molecular weight is 289 g/mol. The highest BCUT2D eigenvalue weighted by atomic mass is 14.6. The van der Waals surface area contributed by atoms with Crippen LogP contribution in [0.5, 0.6) is 0 Å². The molecule has 0 aliphatic heterocycles. The van der Waals surface area contributed by atoms with Crippen LogP contribution < -0.4 is 0 Å². The summed E-state index contributed by atoms with van der Waals surface area (Å²) in [5.41, 5.74) is 0.682. The average Bonchev–Trinajstić information content (AvgIpc) is 2.93. The first-order valence-electron chi connectivity index (χ1n) is 10.2. The van der Waals surface area contributed by atoms with Crippen molar-refractivity contribution in [1.82, 2.24) is 0 Å². The van der Waals surface area contributed by atoms with Crippen molar-refractivity contribution >= 4 is 0 Å². The van der Waals surface area contributed by atoms with Gasteiger partial charge in [-0.25, -0.2) is 0 Å². The molecule has 0 saturated heterocycles. The van der Waals surface area contributed by atoms with Gasteiger partial charge in [0.1, 0.15) is 0 Å². The van der Waals surface area contributed by atoms with E-state index in [9.17, 15) is 0 Å². The summed E-state index contributed by atoms with van der Waals surface area (Å²) in [5, 5.41) is 0. The highest BCUT2D eigenvalue weighted by Crippen LogP contribution is 2.60. The molecule has 0 aromatic rings. The lowest BCUT2D eigenvalue weighted by Crippen LogP contribution is -2.44. The molecule has 0 N–H and O–H groups in total. The Morgan fingerprint density at radius 3 is 2.19 bits per heavy atom. The molecular formula is C21H36. The lowest BCUT2D eigenvalue weighted by molar-refractivity contribution is -0.0277. The van der Waals surface area contributed by atoms with E-state index < -0.39 is 0 Å². The van der Waals surface area contributed by atoms with Gasteiger partial charge in [-0.3, -0.25) is 0 Å². The zero-order valence-electron chi connectivity index (χ0n) is 14.4. The van der Waals surface area contributed by atoms with Crippen LogP contribution in [0.1, 0.15) is 90.9 Å². The third-order valence-corrected chi connectivity index (χ3v) is 8.76. The van der Waals surface area contributed by atoms with Gasteiger partial charge in [0.15, 0.2) is 0 Å². The largest absolute Gasteiger partial charge is 0.0617 e. The molecule has 4 rings (SSSR count). The van der Waals surface area contributed by atoms with Crippen LogP contribution in [0.15, 0.2) is 0 Å². The van der Waals surface area contributed by atoms with Gasteiger partial charge >= 0.3 is 0 Å². The fraction of sp³-hybridized carbons (Fsp3) is 1.00. The molecule has 0 heterocycles. The molecule has 0 aromatic heterocycles. The molecule has 0 spiro atoms. The van der Waals surface area contributed by atoms with E-state index in [2.05, 4.69) is 13.8 Å². The smallest absolute Gasteiger partial charge is 0.0297 e. The number of rotatable bonds is 2. The van der Waals surface area contributed by atoms with E-state index in [1.54, 1.807) is 44.9 Å². The molecule has 0 aromatic carbocycles. The van der Waals surface area contributed by atoms with Gasteiger partial charge in [-0.2, -0.15) is 0 Å². The summed E-state index contributed by atoms with van der Waals surface area (Å²) in [6, 6.07) is 0. The van der Waals surface area contributed by atoms with Crippen LogP contribution in [-0.2, 0) is 0 Å². The third-order valence-electron chi connectivity index (χ3n) is 8.76. The Kier molecular flexibility index (Phi) is 3.87. The molecule has 0 radical (unpaired) electrons. The van der Waals surface area contributed by atoms with Crippen LogP contribution in [0.3, 0.4) is 0 Å². The van der Waals surface area contributed by atoms with Gasteiger partial charge in [0.25, 0.3) is 0 Å². The van der Waals surface area contributed by atoms with Crippen LogP contribution >= 0.6 is 0 Å². The van der Waals surface area contributed by atoms with Crippen molar-refractivity contribution in [2.24, 2.45) is 40.9 Å². The maximum Gasteiger partial charge on any atom is -0.0297 e. The van der Waals surface area contributed by atoms with Crippen LogP contribution in [0.2, 0.25) is 0 Å². The van der Waals surface area contributed by atoms with Crippen molar-refractivity contribution in [1.29, 1.82) is 0 Å². The predicted octanol–water partition coefficient (Wildman–Crippen LogP) is 6.45. The fourth-order valence-electron chi connectivity index (χ4n) is 7.45. The summed E-state index contributed by atoms with van der Waals surface area (Å²) in [4.78, 5) is 0. The molecule has 21 heavy (non-hydrogen) atoms. The van der Waals surface area contributed by atoms with Crippen molar-refractivity contribution in [2.45, 2.75) is 90.9 Å². The van der Waals surface area contributed by atoms with E-state index in [1.807, 2.05) is 0 Å². The molecule has 0 nitrogen and oxygen atoms in total. The lowest BCUT2D eigenvalue weighted by atomic mass is 9.53. The normalized spacial score (nSPS) is 46.9. The van der Waals surface area contributed by atoms with Gasteiger partial charge in [-0.15, -0.1) is 0 Å². The van der Waals surface area contributed by atoms with Gasteiger partial charge in [-0.05, 0) is 85.9 Å².